The van der Waals surface area contributed by atoms with Gasteiger partial charge in [-0.1, -0.05) is 6.92 Å². The standard InChI is InChI=1S/C18H25N3O2S/c1-2-19-10-12-3-5-13(6-4-12)18(23)20-14-7-8-15-16(9-14)24-11-17(22)21-15/h7-9,12-13,19H,2-6,10-11H2,1H3,(H,20,23)(H,21,22). The summed E-state index contributed by atoms with van der Waals surface area (Å²) in [5.41, 5.74) is 1.65. The minimum Gasteiger partial charge on any atom is -0.326 e. The van der Waals surface area contributed by atoms with Crippen molar-refractivity contribution in [3.8, 4) is 0 Å². The van der Waals surface area contributed by atoms with Gasteiger partial charge in [0.25, 0.3) is 0 Å². The normalized spacial score (nSPS) is 23.3. The van der Waals surface area contributed by atoms with Crippen LogP contribution < -0.4 is 16.0 Å². The summed E-state index contributed by atoms with van der Waals surface area (Å²) >= 11 is 1.51. The summed E-state index contributed by atoms with van der Waals surface area (Å²) in [5, 5.41) is 9.30. The zero-order chi connectivity index (χ0) is 16.9. The Bertz CT molecular complexity index is 612. The van der Waals surface area contributed by atoms with E-state index in [0.29, 0.717) is 11.7 Å². The van der Waals surface area contributed by atoms with E-state index in [0.717, 1.165) is 55.0 Å². The number of benzene rings is 1. The van der Waals surface area contributed by atoms with Crippen molar-refractivity contribution in [2.45, 2.75) is 37.5 Å². The van der Waals surface area contributed by atoms with E-state index in [-0.39, 0.29) is 17.7 Å². The van der Waals surface area contributed by atoms with Crippen molar-refractivity contribution in [2.24, 2.45) is 11.8 Å². The summed E-state index contributed by atoms with van der Waals surface area (Å²) in [4.78, 5) is 24.9. The molecule has 3 rings (SSSR count). The van der Waals surface area contributed by atoms with Crippen molar-refractivity contribution in [1.29, 1.82) is 0 Å². The van der Waals surface area contributed by atoms with E-state index < -0.39 is 0 Å². The molecule has 2 aliphatic rings. The highest BCUT2D eigenvalue weighted by atomic mass is 32.2. The van der Waals surface area contributed by atoms with Crippen LogP contribution in [-0.2, 0) is 9.59 Å². The predicted molar refractivity (Wildman–Crippen MR) is 98.4 cm³/mol. The van der Waals surface area contributed by atoms with E-state index in [9.17, 15) is 9.59 Å². The van der Waals surface area contributed by atoms with Crippen LogP contribution in [0.2, 0.25) is 0 Å². The van der Waals surface area contributed by atoms with Crippen LogP contribution in [-0.4, -0.2) is 30.7 Å². The van der Waals surface area contributed by atoms with E-state index in [2.05, 4.69) is 22.9 Å². The minimum absolute atomic E-state index is 0.0265. The Morgan fingerprint density at radius 2 is 2.08 bits per heavy atom. The lowest BCUT2D eigenvalue weighted by atomic mass is 9.81. The summed E-state index contributed by atoms with van der Waals surface area (Å²) in [6, 6.07) is 5.68. The summed E-state index contributed by atoms with van der Waals surface area (Å²) in [7, 11) is 0. The highest BCUT2D eigenvalue weighted by Crippen LogP contribution is 2.34. The van der Waals surface area contributed by atoms with E-state index in [1.807, 2.05) is 18.2 Å². The Morgan fingerprint density at radius 1 is 1.29 bits per heavy atom. The highest BCUT2D eigenvalue weighted by Gasteiger charge is 2.26. The molecule has 0 radical (unpaired) electrons. The molecule has 0 saturated heterocycles. The lowest BCUT2D eigenvalue weighted by Gasteiger charge is -2.28. The lowest BCUT2D eigenvalue weighted by Crippen LogP contribution is -2.31. The summed E-state index contributed by atoms with van der Waals surface area (Å²) in [6.45, 7) is 4.21. The first-order valence-electron chi connectivity index (χ1n) is 8.74. The van der Waals surface area contributed by atoms with Gasteiger partial charge in [0.05, 0.1) is 11.4 Å². The second kappa shape index (κ2) is 8.03. The number of carbonyl (C=O) groups excluding carboxylic acids is 2. The first-order chi connectivity index (χ1) is 11.7. The molecule has 1 aliphatic heterocycles. The first-order valence-corrected chi connectivity index (χ1v) is 9.72. The van der Waals surface area contributed by atoms with Gasteiger partial charge < -0.3 is 16.0 Å². The lowest BCUT2D eigenvalue weighted by molar-refractivity contribution is -0.121. The number of carbonyl (C=O) groups is 2. The van der Waals surface area contributed by atoms with Crippen molar-refractivity contribution in [1.82, 2.24) is 5.32 Å². The number of amides is 2. The Labute approximate surface area is 147 Å². The second-order valence-corrected chi connectivity index (χ2v) is 7.58. The van der Waals surface area contributed by atoms with Gasteiger partial charge in [-0.05, 0) is 62.9 Å². The third kappa shape index (κ3) is 4.30. The van der Waals surface area contributed by atoms with Crippen molar-refractivity contribution in [2.75, 3.05) is 29.5 Å². The topological polar surface area (TPSA) is 70.2 Å². The van der Waals surface area contributed by atoms with Gasteiger partial charge in [-0.25, -0.2) is 0 Å². The van der Waals surface area contributed by atoms with Crippen molar-refractivity contribution in [3.05, 3.63) is 18.2 Å². The number of nitrogens with one attached hydrogen (secondary N) is 3. The molecule has 1 aliphatic carbocycles. The number of thioether (sulfide) groups is 1. The van der Waals surface area contributed by atoms with Crippen LogP contribution in [0.3, 0.4) is 0 Å². The monoisotopic (exact) mass is 347 g/mol. The van der Waals surface area contributed by atoms with Gasteiger partial charge in [0, 0.05) is 16.5 Å². The molecule has 6 heteroatoms. The van der Waals surface area contributed by atoms with E-state index >= 15 is 0 Å². The maximum atomic E-state index is 12.5. The molecule has 0 aromatic heterocycles. The number of fused-ring (bicyclic) bond motifs is 1. The van der Waals surface area contributed by atoms with Gasteiger partial charge in [0.1, 0.15) is 0 Å². The Morgan fingerprint density at radius 3 is 2.83 bits per heavy atom. The van der Waals surface area contributed by atoms with Crippen LogP contribution in [0.15, 0.2) is 23.1 Å². The average molecular weight is 347 g/mol. The highest BCUT2D eigenvalue weighted by molar-refractivity contribution is 8.00. The van der Waals surface area contributed by atoms with E-state index in [4.69, 9.17) is 0 Å². The van der Waals surface area contributed by atoms with Crippen LogP contribution in [0.4, 0.5) is 11.4 Å². The SMILES string of the molecule is CCNCC1CCC(C(=O)Nc2ccc3c(c2)SCC(=O)N3)CC1. The van der Waals surface area contributed by atoms with Crippen molar-refractivity contribution >= 4 is 35.0 Å². The molecule has 1 heterocycles. The Hall–Kier alpha value is -1.53. The van der Waals surface area contributed by atoms with E-state index in [1.54, 1.807) is 0 Å². The quantitative estimate of drug-likeness (QED) is 0.765. The maximum absolute atomic E-state index is 12.5. The van der Waals surface area contributed by atoms with Crippen molar-refractivity contribution < 1.29 is 9.59 Å². The molecule has 5 nitrogen and oxygen atoms in total. The zero-order valence-corrected chi connectivity index (χ0v) is 14.9. The molecule has 0 atom stereocenters. The van der Waals surface area contributed by atoms with Gasteiger partial charge in [-0.3, -0.25) is 9.59 Å². The molecule has 0 bridgehead atoms. The number of hydrogen-bond acceptors (Lipinski definition) is 4. The van der Waals surface area contributed by atoms with Gasteiger partial charge >= 0.3 is 0 Å². The number of hydrogen-bond donors (Lipinski definition) is 3. The smallest absolute Gasteiger partial charge is 0.234 e. The average Bonchev–Trinajstić information content (AvgIpc) is 2.60. The van der Waals surface area contributed by atoms with Gasteiger partial charge in [-0.15, -0.1) is 11.8 Å². The molecular formula is C18H25N3O2S. The van der Waals surface area contributed by atoms with Crippen LogP contribution in [0.1, 0.15) is 32.6 Å². The number of rotatable bonds is 5. The molecule has 3 N–H and O–H groups in total. The third-order valence-corrected chi connectivity index (χ3v) is 5.84. The van der Waals surface area contributed by atoms with Crippen LogP contribution >= 0.6 is 11.8 Å². The third-order valence-electron chi connectivity index (χ3n) is 4.78. The minimum atomic E-state index is 0.0265. The van der Waals surface area contributed by atoms with Gasteiger partial charge in [0.15, 0.2) is 0 Å². The largest absolute Gasteiger partial charge is 0.326 e. The molecule has 1 aromatic carbocycles. The Kier molecular flexibility index (Phi) is 5.79. The molecule has 130 valence electrons. The first kappa shape index (κ1) is 17.3. The molecule has 1 fully saturated rings. The fourth-order valence-electron chi connectivity index (χ4n) is 3.37. The fourth-order valence-corrected chi connectivity index (χ4v) is 4.22. The summed E-state index contributed by atoms with van der Waals surface area (Å²) in [6.07, 6.45) is 4.18. The van der Waals surface area contributed by atoms with Crippen LogP contribution in [0, 0.1) is 11.8 Å². The molecular weight excluding hydrogens is 322 g/mol. The Balaban J connectivity index is 1.53. The molecule has 1 aromatic rings. The molecule has 1 saturated carbocycles. The van der Waals surface area contributed by atoms with Gasteiger partial charge in [0.2, 0.25) is 11.8 Å². The molecule has 24 heavy (non-hydrogen) atoms. The number of anilines is 2. The molecule has 2 amide bonds. The van der Waals surface area contributed by atoms with E-state index in [1.165, 1.54) is 11.8 Å². The van der Waals surface area contributed by atoms with Crippen LogP contribution in [0.5, 0.6) is 0 Å². The molecule has 0 spiro atoms. The second-order valence-electron chi connectivity index (χ2n) is 6.56. The fraction of sp³-hybridized carbons (Fsp3) is 0.556. The molecule has 0 unspecified atom stereocenters. The zero-order valence-electron chi connectivity index (χ0n) is 14.1. The summed E-state index contributed by atoms with van der Waals surface area (Å²) < 4.78 is 0. The summed E-state index contributed by atoms with van der Waals surface area (Å²) in [5.74, 6) is 1.41. The van der Waals surface area contributed by atoms with Gasteiger partial charge in [-0.2, -0.15) is 0 Å². The predicted octanol–water partition coefficient (Wildman–Crippen LogP) is 3.09. The van der Waals surface area contributed by atoms with Crippen molar-refractivity contribution in [3.63, 3.8) is 0 Å². The maximum Gasteiger partial charge on any atom is 0.234 e. The van der Waals surface area contributed by atoms with Crippen LogP contribution in [0.25, 0.3) is 0 Å².